The van der Waals surface area contributed by atoms with Gasteiger partial charge in [0.15, 0.2) is 11.6 Å². The van der Waals surface area contributed by atoms with Crippen molar-refractivity contribution in [1.29, 1.82) is 0 Å². The Kier molecular flexibility index (Phi) is 10.0. The maximum atomic E-state index is 14.0. The Labute approximate surface area is 234 Å². The van der Waals surface area contributed by atoms with Crippen molar-refractivity contribution >= 4 is 29.4 Å². The molecule has 0 aromatic heterocycles. The molecule has 8 nitrogen and oxygen atoms in total. The van der Waals surface area contributed by atoms with E-state index in [-0.39, 0.29) is 47.7 Å². The highest BCUT2D eigenvalue weighted by Crippen LogP contribution is 2.65. The summed E-state index contributed by atoms with van der Waals surface area (Å²) < 4.78 is 5.42. The summed E-state index contributed by atoms with van der Waals surface area (Å²) in [6.07, 6.45) is 1.75. The molecule has 2 aliphatic rings. The van der Waals surface area contributed by atoms with E-state index < -0.39 is 46.7 Å². The molecule has 39 heavy (non-hydrogen) atoms. The fourth-order valence-corrected chi connectivity index (χ4v) is 5.92. The summed E-state index contributed by atoms with van der Waals surface area (Å²) >= 11 is 0. The molecule has 220 valence electrons. The van der Waals surface area contributed by atoms with Crippen LogP contribution in [0.1, 0.15) is 94.9 Å². The van der Waals surface area contributed by atoms with Gasteiger partial charge in [-0.25, -0.2) is 4.79 Å². The standard InChI is InChI=1S/C31H50N2O6/c1-12-13-14-21(34)25(36)19(15-18(2)3)16-22(35)24-23-20(31(23,10)11)17-33(24)27(37)26(29(4,5)6)32-28(38)39-30(7,8)9/h12,18-20,23-24,26H,1,13-17H2,2-11H3,(H,32,38)/t19?,20?,23?,24-,26-/m1/s1. The van der Waals surface area contributed by atoms with Crippen LogP contribution in [0.3, 0.4) is 0 Å². The molecular formula is C31H50N2O6. The fraction of sp³-hybridized carbons (Fsp3) is 0.774. The summed E-state index contributed by atoms with van der Waals surface area (Å²) in [5.41, 5.74) is -1.48. The highest BCUT2D eigenvalue weighted by Gasteiger charge is 2.69. The number of carbonyl (C=O) groups excluding carboxylic acids is 5. The van der Waals surface area contributed by atoms with Crippen LogP contribution in [0, 0.1) is 34.5 Å². The van der Waals surface area contributed by atoms with Crippen LogP contribution in [0.4, 0.5) is 4.79 Å². The number of alkyl carbamates (subject to hydrolysis) is 1. The van der Waals surface area contributed by atoms with Crippen LogP contribution in [0.2, 0.25) is 0 Å². The molecular weight excluding hydrogens is 496 g/mol. The topological polar surface area (TPSA) is 110 Å². The van der Waals surface area contributed by atoms with Crippen LogP contribution in [0.5, 0.6) is 0 Å². The number of hydrogen-bond donors (Lipinski definition) is 1. The summed E-state index contributed by atoms with van der Waals surface area (Å²) in [7, 11) is 0. The van der Waals surface area contributed by atoms with Gasteiger partial charge in [-0.1, -0.05) is 54.5 Å². The lowest BCUT2D eigenvalue weighted by Crippen LogP contribution is -2.58. The van der Waals surface area contributed by atoms with E-state index in [0.29, 0.717) is 19.4 Å². The minimum atomic E-state index is -0.906. The monoisotopic (exact) mass is 546 g/mol. The molecule has 2 fully saturated rings. The first kappa shape index (κ1) is 32.7. The second kappa shape index (κ2) is 11.9. The average molecular weight is 547 g/mol. The van der Waals surface area contributed by atoms with Crippen molar-refractivity contribution in [2.24, 2.45) is 34.5 Å². The van der Waals surface area contributed by atoms with E-state index in [4.69, 9.17) is 4.74 Å². The number of rotatable bonds is 12. The lowest BCUT2D eigenvalue weighted by Gasteiger charge is -2.38. The zero-order valence-corrected chi connectivity index (χ0v) is 25.7. The maximum Gasteiger partial charge on any atom is 0.408 e. The van der Waals surface area contributed by atoms with Gasteiger partial charge in [-0.15, -0.1) is 6.58 Å². The number of ketones is 3. The number of likely N-dealkylation sites (tertiary alicyclic amines) is 1. The quantitative estimate of drug-likeness (QED) is 0.268. The van der Waals surface area contributed by atoms with Gasteiger partial charge in [0.25, 0.3) is 0 Å². The van der Waals surface area contributed by atoms with E-state index >= 15 is 0 Å². The van der Waals surface area contributed by atoms with Crippen molar-refractivity contribution in [2.75, 3.05) is 6.54 Å². The fourth-order valence-electron chi connectivity index (χ4n) is 5.92. The molecule has 0 radical (unpaired) electrons. The van der Waals surface area contributed by atoms with Gasteiger partial charge in [-0.2, -0.15) is 0 Å². The van der Waals surface area contributed by atoms with Crippen molar-refractivity contribution < 1.29 is 28.7 Å². The van der Waals surface area contributed by atoms with Crippen LogP contribution < -0.4 is 5.32 Å². The van der Waals surface area contributed by atoms with Gasteiger partial charge in [-0.3, -0.25) is 19.2 Å². The molecule has 0 aromatic carbocycles. The predicted molar refractivity (Wildman–Crippen MR) is 151 cm³/mol. The number of ether oxygens (including phenoxy) is 1. The summed E-state index contributed by atoms with van der Waals surface area (Å²) in [6, 6.07) is -1.61. The third-order valence-electron chi connectivity index (χ3n) is 8.02. The molecule has 0 bridgehead atoms. The SMILES string of the molecule is C=CCCC(=O)C(=O)C(CC(=O)[C@@H]1C2C(CN1C(=O)[C@@H](NC(=O)OC(C)(C)C)C(C)(C)C)C2(C)C)CC(C)C. The number of allylic oxidation sites excluding steroid dienone is 1. The lowest BCUT2D eigenvalue weighted by molar-refractivity contribution is -0.145. The van der Waals surface area contributed by atoms with Crippen molar-refractivity contribution in [1.82, 2.24) is 10.2 Å². The summed E-state index contributed by atoms with van der Waals surface area (Å²) in [5.74, 6) is -1.98. The van der Waals surface area contributed by atoms with Gasteiger partial charge in [0.1, 0.15) is 11.6 Å². The second-order valence-corrected chi connectivity index (χ2v) is 14.4. The van der Waals surface area contributed by atoms with Gasteiger partial charge in [-0.05, 0) is 62.2 Å². The second-order valence-electron chi connectivity index (χ2n) is 14.4. The number of fused-ring (bicyclic) bond motifs is 1. The number of hydrogen-bond acceptors (Lipinski definition) is 6. The van der Waals surface area contributed by atoms with Gasteiger partial charge in [0.05, 0.1) is 6.04 Å². The third-order valence-corrected chi connectivity index (χ3v) is 8.02. The summed E-state index contributed by atoms with van der Waals surface area (Å²) in [5, 5.41) is 2.75. The predicted octanol–water partition coefficient (Wildman–Crippen LogP) is 5.13. The summed E-state index contributed by atoms with van der Waals surface area (Å²) in [6.45, 7) is 23.0. The summed E-state index contributed by atoms with van der Waals surface area (Å²) in [4.78, 5) is 67.8. The number of nitrogens with one attached hydrogen (secondary N) is 1. The molecule has 8 heteroatoms. The molecule has 3 unspecified atom stereocenters. The maximum absolute atomic E-state index is 14.0. The minimum absolute atomic E-state index is 0.0256. The molecule has 2 rings (SSSR count). The van der Waals surface area contributed by atoms with Gasteiger partial charge in [0.2, 0.25) is 11.7 Å². The number of Topliss-reactive ketones (excluding diaryl/α,β-unsaturated/α-hetero) is 3. The number of amides is 2. The lowest BCUT2D eigenvalue weighted by atomic mass is 9.83. The molecule has 1 N–H and O–H groups in total. The van der Waals surface area contributed by atoms with E-state index in [2.05, 4.69) is 25.7 Å². The zero-order valence-electron chi connectivity index (χ0n) is 25.7. The number of nitrogens with zero attached hydrogens (tertiary/aromatic N) is 1. The first-order valence-electron chi connectivity index (χ1n) is 14.2. The van der Waals surface area contributed by atoms with Crippen molar-refractivity contribution in [2.45, 2.75) is 113 Å². The normalized spacial score (nSPS) is 23.5. The van der Waals surface area contributed by atoms with E-state index in [1.165, 1.54) is 0 Å². The average Bonchev–Trinajstić information content (AvgIpc) is 3.11. The minimum Gasteiger partial charge on any atom is -0.444 e. The van der Waals surface area contributed by atoms with E-state index in [1.807, 2.05) is 34.6 Å². The smallest absolute Gasteiger partial charge is 0.408 e. The Morgan fingerprint density at radius 3 is 2.15 bits per heavy atom. The Bertz CT molecular complexity index is 984. The van der Waals surface area contributed by atoms with Crippen molar-refractivity contribution in [3.05, 3.63) is 12.7 Å². The first-order valence-corrected chi connectivity index (χ1v) is 14.2. The van der Waals surface area contributed by atoms with Crippen LogP contribution in [0.25, 0.3) is 0 Å². The van der Waals surface area contributed by atoms with Crippen LogP contribution in [-0.4, -0.2) is 58.5 Å². The molecule has 1 saturated heterocycles. The van der Waals surface area contributed by atoms with E-state index in [9.17, 15) is 24.0 Å². The van der Waals surface area contributed by atoms with E-state index in [1.54, 1.807) is 31.7 Å². The zero-order chi connectivity index (χ0) is 30.1. The van der Waals surface area contributed by atoms with Gasteiger partial charge < -0.3 is 15.0 Å². The highest BCUT2D eigenvalue weighted by molar-refractivity contribution is 6.38. The molecule has 1 aliphatic carbocycles. The molecule has 1 heterocycles. The largest absolute Gasteiger partial charge is 0.444 e. The molecule has 5 atom stereocenters. The first-order chi connectivity index (χ1) is 17.7. The Morgan fingerprint density at radius 2 is 1.67 bits per heavy atom. The third kappa shape index (κ3) is 8.01. The van der Waals surface area contributed by atoms with Gasteiger partial charge >= 0.3 is 6.09 Å². The molecule has 0 spiro atoms. The number of carbonyl (C=O) groups is 5. The van der Waals surface area contributed by atoms with Gasteiger partial charge in [0, 0.05) is 25.3 Å². The molecule has 1 aliphatic heterocycles. The Hall–Kier alpha value is -2.51. The van der Waals surface area contributed by atoms with E-state index in [0.717, 1.165) is 0 Å². The molecule has 0 aromatic rings. The van der Waals surface area contributed by atoms with Crippen molar-refractivity contribution in [3.8, 4) is 0 Å². The van der Waals surface area contributed by atoms with Crippen LogP contribution in [-0.2, 0) is 23.9 Å². The van der Waals surface area contributed by atoms with Crippen LogP contribution >= 0.6 is 0 Å². The molecule has 2 amide bonds. The Morgan fingerprint density at radius 1 is 1.08 bits per heavy atom. The van der Waals surface area contributed by atoms with Crippen molar-refractivity contribution in [3.63, 3.8) is 0 Å². The molecule has 1 saturated carbocycles. The highest BCUT2D eigenvalue weighted by atomic mass is 16.6. The van der Waals surface area contributed by atoms with Crippen LogP contribution in [0.15, 0.2) is 12.7 Å². The Balaban J connectivity index is 2.33. The number of piperidine rings is 1.